The molecule has 1 aliphatic heterocycles. The highest BCUT2D eigenvalue weighted by Gasteiger charge is 2.23. The van der Waals surface area contributed by atoms with Crippen molar-refractivity contribution in [1.29, 1.82) is 0 Å². The minimum atomic E-state index is -0.116. The van der Waals surface area contributed by atoms with Crippen molar-refractivity contribution in [1.82, 2.24) is 15.5 Å². The van der Waals surface area contributed by atoms with Crippen molar-refractivity contribution < 1.29 is 9.84 Å². The number of guanidine groups is 1. The number of aliphatic hydroxyl groups excluding tert-OH is 1. The van der Waals surface area contributed by atoms with Gasteiger partial charge in [0.2, 0.25) is 0 Å². The van der Waals surface area contributed by atoms with Crippen LogP contribution in [0.5, 0.6) is 0 Å². The molecule has 6 nitrogen and oxygen atoms in total. The molecule has 0 bridgehead atoms. The lowest BCUT2D eigenvalue weighted by molar-refractivity contribution is 0.0143. The number of hydrogen-bond donors (Lipinski definition) is 3. The Kier molecular flexibility index (Phi) is 8.99. The molecule has 0 aromatic carbocycles. The summed E-state index contributed by atoms with van der Waals surface area (Å²) in [5.74, 6) is 1.59. The normalized spacial score (nSPS) is 27.3. The fourth-order valence-corrected chi connectivity index (χ4v) is 3.76. The summed E-state index contributed by atoms with van der Waals surface area (Å²) in [5, 5.41) is 16.6. The zero-order valence-corrected chi connectivity index (χ0v) is 16.3. The summed E-state index contributed by atoms with van der Waals surface area (Å²) < 4.78 is 5.51. The van der Waals surface area contributed by atoms with Crippen LogP contribution < -0.4 is 10.6 Å². The Bertz CT molecular complexity index is 389. The van der Waals surface area contributed by atoms with E-state index in [0.29, 0.717) is 18.0 Å². The molecule has 0 aromatic rings. The maximum absolute atomic E-state index is 9.68. The highest BCUT2D eigenvalue weighted by Crippen LogP contribution is 2.18. The number of aliphatic imine (C=N–C) groups is 1. The smallest absolute Gasteiger partial charge is 0.191 e. The van der Waals surface area contributed by atoms with Gasteiger partial charge in [-0.25, -0.2) is 0 Å². The predicted molar refractivity (Wildman–Crippen MR) is 103 cm³/mol. The maximum Gasteiger partial charge on any atom is 0.191 e. The maximum atomic E-state index is 9.68. The molecule has 6 heteroatoms. The van der Waals surface area contributed by atoms with Crippen LogP contribution in [0.3, 0.4) is 0 Å². The van der Waals surface area contributed by atoms with Crippen molar-refractivity contribution in [2.45, 2.75) is 71.1 Å². The van der Waals surface area contributed by atoms with Gasteiger partial charge in [0.15, 0.2) is 5.96 Å². The topological polar surface area (TPSA) is 69.1 Å². The summed E-state index contributed by atoms with van der Waals surface area (Å²) in [4.78, 5) is 7.44. The van der Waals surface area contributed by atoms with Gasteiger partial charge in [-0.2, -0.15) is 0 Å². The zero-order valence-electron chi connectivity index (χ0n) is 16.3. The van der Waals surface area contributed by atoms with Crippen LogP contribution in [0.4, 0.5) is 0 Å². The van der Waals surface area contributed by atoms with Gasteiger partial charge in [-0.15, -0.1) is 0 Å². The molecule has 0 spiro atoms. The second-order valence-corrected chi connectivity index (χ2v) is 7.80. The third kappa shape index (κ3) is 7.50. The minimum absolute atomic E-state index is 0.116. The zero-order chi connectivity index (χ0) is 18.1. The van der Waals surface area contributed by atoms with Gasteiger partial charge >= 0.3 is 0 Å². The van der Waals surface area contributed by atoms with E-state index in [1.54, 1.807) is 0 Å². The highest BCUT2D eigenvalue weighted by molar-refractivity contribution is 5.80. The Balaban J connectivity index is 1.92. The average molecular weight is 355 g/mol. The predicted octanol–water partition coefficient (Wildman–Crippen LogP) is 1.59. The van der Waals surface area contributed by atoms with Gasteiger partial charge in [-0.05, 0) is 44.9 Å². The number of nitrogens with zero attached hydrogens (tertiary/aromatic N) is 2. The standard InChI is InChI=1S/C19H38N4O2/c1-4-20-19(22-16-5-7-18(24)8-6-16)21-14-17(13-15(2)3)23-9-11-25-12-10-23/h15-18,24H,4-14H2,1-3H3,(H2,20,21,22). The van der Waals surface area contributed by atoms with Gasteiger partial charge in [-0.1, -0.05) is 13.8 Å². The Hall–Kier alpha value is -0.850. The third-order valence-corrected chi connectivity index (χ3v) is 5.15. The lowest BCUT2D eigenvalue weighted by Gasteiger charge is -2.35. The van der Waals surface area contributed by atoms with Crippen LogP contribution in [-0.2, 0) is 4.74 Å². The molecule has 0 radical (unpaired) electrons. The van der Waals surface area contributed by atoms with Crippen LogP contribution in [0.25, 0.3) is 0 Å². The molecule has 1 heterocycles. The Morgan fingerprint density at radius 2 is 1.88 bits per heavy atom. The summed E-state index contributed by atoms with van der Waals surface area (Å²) in [6.07, 6.45) is 4.86. The number of hydrogen-bond acceptors (Lipinski definition) is 4. The summed E-state index contributed by atoms with van der Waals surface area (Å²) in [5.41, 5.74) is 0. The molecular weight excluding hydrogens is 316 g/mol. The molecule has 1 aliphatic carbocycles. The number of ether oxygens (including phenoxy) is 1. The van der Waals surface area contributed by atoms with Crippen molar-refractivity contribution in [2.75, 3.05) is 39.4 Å². The van der Waals surface area contributed by atoms with Crippen LogP contribution in [0, 0.1) is 5.92 Å². The average Bonchev–Trinajstić information content (AvgIpc) is 2.61. The first-order chi connectivity index (χ1) is 12.1. The molecule has 0 amide bonds. The lowest BCUT2D eigenvalue weighted by Crippen LogP contribution is -2.48. The molecule has 1 saturated carbocycles. The van der Waals surface area contributed by atoms with E-state index < -0.39 is 0 Å². The van der Waals surface area contributed by atoms with E-state index in [0.717, 1.165) is 71.0 Å². The van der Waals surface area contributed by atoms with E-state index in [1.165, 1.54) is 6.42 Å². The van der Waals surface area contributed by atoms with Crippen molar-refractivity contribution in [2.24, 2.45) is 10.9 Å². The van der Waals surface area contributed by atoms with Gasteiger partial charge in [0.1, 0.15) is 0 Å². The van der Waals surface area contributed by atoms with E-state index in [9.17, 15) is 5.11 Å². The number of morpholine rings is 1. The quantitative estimate of drug-likeness (QED) is 0.478. The summed E-state index contributed by atoms with van der Waals surface area (Å²) >= 11 is 0. The van der Waals surface area contributed by atoms with Crippen LogP contribution in [-0.4, -0.2) is 73.5 Å². The molecule has 146 valence electrons. The number of rotatable bonds is 7. The summed E-state index contributed by atoms with van der Waals surface area (Å²) in [7, 11) is 0. The van der Waals surface area contributed by atoms with Gasteiger partial charge < -0.3 is 20.5 Å². The van der Waals surface area contributed by atoms with Gasteiger partial charge in [0, 0.05) is 31.7 Å². The molecule has 25 heavy (non-hydrogen) atoms. The largest absolute Gasteiger partial charge is 0.393 e. The molecule has 1 saturated heterocycles. The van der Waals surface area contributed by atoms with Crippen molar-refractivity contribution >= 4 is 5.96 Å². The summed E-state index contributed by atoms with van der Waals surface area (Å²) in [6.45, 7) is 12.1. The third-order valence-electron chi connectivity index (χ3n) is 5.15. The number of nitrogens with one attached hydrogen (secondary N) is 2. The Morgan fingerprint density at radius 3 is 2.48 bits per heavy atom. The molecule has 2 fully saturated rings. The molecular formula is C19H38N4O2. The monoisotopic (exact) mass is 354 g/mol. The van der Waals surface area contributed by atoms with Crippen LogP contribution in [0.1, 0.15) is 52.9 Å². The van der Waals surface area contributed by atoms with E-state index >= 15 is 0 Å². The van der Waals surface area contributed by atoms with Gasteiger partial charge in [0.25, 0.3) is 0 Å². The van der Waals surface area contributed by atoms with E-state index in [2.05, 4.69) is 36.3 Å². The van der Waals surface area contributed by atoms with E-state index in [1.807, 2.05) is 0 Å². The molecule has 0 aromatic heterocycles. The van der Waals surface area contributed by atoms with E-state index in [4.69, 9.17) is 9.73 Å². The Labute approximate surface area is 153 Å². The van der Waals surface area contributed by atoms with Gasteiger partial charge in [-0.3, -0.25) is 9.89 Å². The Morgan fingerprint density at radius 1 is 1.20 bits per heavy atom. The van der Waals surface area contributed by atoms with Crippen molar-refractivity contribution in [3.63, 3.8) is 0 Å². The molecule has 1 unspecified atom stereocenters. The second-order valence-electron chi connectivity index (χ2n) is 7.80. The first-order valence-corrected chi connectivity index (χ1v) is 10.1. The number of aliphatic hydroxyl groups is 1. The van der Waals surface area contributed by atoms with Crippen molar-refractivity contribution in [3.8, 4) is 0 Å². The van der Waals surface area contributed by atoms with E-state index in [-0.39, 0.29) is 6.10 Å². The summed E-state index contributed by atoms with van der Waals surface area (Å²) in [6, 6.07) is 0.903. The first-order valence-electron chi connectivity index (χ1n) is 10.1. The second kappa shape index (κ2) is 11.0. The molecule has 3 N–H and O–H groups in total. The lowest BCUT2D eigenvalue weighted by atomic mass is 9.93. The van der Waals surface area contributed by atoms with Crippen LogP contribution in [0.15, 0.2) is 4.99 Å². The van der Waals surface area contributed by atoms with Crippen LogP contribution in [0.2, 0.25) is 0 Å². The van der Waals surface area contributed by atoms with Crippen molar-refractivity contribution in [3.05, 3.63) is 0 Å². The molecule has 1 atom stereocenters. The fourth-order valence-electron chi connectivity index (χ4n) is 3.76. The molecule has 2 rings (SSSR count). The first kappa shape index (κ1) is 20.5. The molecule has 2 aliphatic rings. The highest BCUT2D eigenvalue weighted by atomic mass is 16.5. The fraction of sp³-hybridized carbons (Fsp3) is 0.947. The SMILES string of the molecule is CCNC(=NCC(CC(C)C)N1CCOCC1)NC1CCC(O)CC1. The minimum Gasteiger partial charge on any atom is -0.393 e. The van der Waals surface area contributed by atoms with Crippen LogP contribution >= 0.6 is 0 Å². The van der Waals surface area contributed by atoms with Gasteiger partial charge in [0.05, 0.1) is 25.9 Å².